The monoisotopic (exact) mass is 301 g/mol. The SMILES string of the molecule is CC(C)(C)c1nc(N2CCC(O)(c3ccccc3)CC2)no1. The van der Waals surface area contributed by atoms with E-state index in [2.05, 4.69) is 35.8 Å². The first kappa shape index (κ1) is 15.0. The Morgan fingerprint density at radius 3 is 2.32 bits per heavy atom. The van der Waals surface area contributed by atoms with Gasteiger partial charge in [-0.2, -0.15) is 4.98 Å². The molecule has 0 spiro atoms. The molecular weight excluding hydrogens is 278 g/mol. The van der Waals surface area contributed by atoms with E-state index in [1.54, 1.807) is 0 Å². The van der Waals surface area contributed by atoms with E-state index < -0.39 is 5.60 Å². The molecule has 0 unspecified atom stereocenters. The number of benzene rings is 1. The van der Waals surface area contributed by atoms with Gasteiger partial charge in [0, 0.05) is 18.5 Å². The maximum atomic E-state index is 10.9. The molecule has 1 N–H and O–H groups in total. The van der Waals surface area contributed by atoms with Crippen LogP contribution >= 0.6 is 0 Å². The number of hydrogen-bond donors (Lipinski definition) is 1. The van der Waals surface area contributed by atoms with Gasteiger partial charge in [0.05, 0.1) is 5.60 Å². The molecular formula is C17H23N3O2. The number of rotatable bonds is 2. The summed E-state index contributed by atoms with van der Waals surface area (Å²) in [6, 6.07) is 9.88. The van der Waals surface area contributed by atoms with Crippen LogP contribution in [0.5, 0.6) is 0 Å². The minimum atomic E-state index is -0.756. The zero-order chi connectivity index (χ0) is 15.8. The Bertz CT molecular complexity index is 623. The third-order valence-electron chi connectivity index (χ3n) is 4.24. The Morgan fingerprint density at radius 2 is 1.77 bits per heavy atom. The molecule has 0 aliphatic carbocycles. The van der Waals surface area contributed by atoms with Gasteiger partial charge < -0.3 is 14.5 Å². The van der Waals surface area contributed by atoms with Crippen LogP contribution < -0.4 is 4.90 Å². The molecule has 5 heteroatoms. The summed E-state index contributed by atoms with van der Waals surface area (Å²) in [5.41, 5.74) is 0.0818. The van der Waals surface area contributed by atoms with E-state index in [1.807, 2.05) is 30.3 Å². The summed E-state index contributed by atoms with van der Waals surface area (Å²) in [5, 5.41) is 14.9. The second-order valence-electron chi connectivity index (χ2n) is 7.03. The first-order chi connectivity index (χ1) is 10.4. The van der Waals surface area contributed by atoms with E-state index in [0.717, 1.165) is 5.56 Å². The predicted octanol–water partition coefficient (Wildman–Crippen LogP) is 2.86. The van der Waals surface area contributed by atoms with Crippen molar-refractivity contribution in [2.24, 2.45) is 0 Å². The molecule has 0 radical (unpaired) electrons. The zero-order valence-electron chi connectivity index (χ0n) is 13.4. The summed E-state index contributed by atoms with van der Waals surface area (Å²) in [6.07, 6.45) is 1.33. The molecule has 1 aliphatic rings. The van der Waals surface area contributed by atoms with Crippen LogP contribution in [0.3, 0.4) is 0 Å². The van der Waals surface area contributed by atoms with Crippen molar-refractivity contribution in [3.8, 4) is 0 Å². The number of anilines is 1. The van der Waals surface area contributed by atoms with Crippen molar-refractivity contribution < 1.29 is 9.63 Å². The number of nitrogens with zero attached hydrogens (tertiary/aromatic N) is 3. The first-order valence-corrected chi connectivity index (χ1v) is 7.75. The van der Waals surface area contributed by atoms with Crippen molar-refractivity contribution in [2.75, 3.05) is 18.0 Å². The second kappa shape index (κ2) is 5.39. The van der Waals surface area contributed by atoms with E-state index >= 15 is 0 Å². The van der Waals surface area contributed by atoms with Crippen LogP contribution in [0.25, 0.3) is 0 Å². The smallest absolute Gasteiger partial charge is 0.266 e. The highest BCUT2D eigenvalue weighted by Gasteiger charge is 2.35. The lowest BCUT2D eigenvalue weighted by atomic mass is 9.84. The van der Waals surface area contributed by atoms with Gasteiger partial charge in [-0.1, -0.05) is 51.1 Å². The third-order valence-corrected chi connectivity index (χ3v) is 4.24. The summed E-state index contributed by atoms with van der Waals surface area (Å²) in [5.74, 6) is 1.27. The summed E-state index contributed by atoms with van der Waals surface area (Å²) in [7, 11) is 0. The summed E-state index contributed by atoms with van der Waals surface area (Å²) in [6.45, 7) is 7.58. The molecule has 118 valence electrons. The molecule has 3 rings (SSSR count). The molecule has 0 atom stereocenters. The van der Waals surface area contributed by atoms with Gasteiger partial charge in [-0.05, 0) is 23.6 Å². The Balaban J connectivity index is 1.71. The van der Waals surface area contributed by atoms with Crippen LogP contribution in [0.4, 0.5) is 5.95 Å². The van der Waals surface area contributed by atoms with E-state index in [4.69, 9.17) is 4.52 Å². The number of aliphatic hydroxyl groups is 1. The minimum absolute atomic E-state index is 0.147. The Hall–Kier alpha value is -1.88. The third kappa shape index (κ3) is 2.86. The maximum absolute atomic E-state index is 10.9. The van der Waals surface area contributed by atoms with Gasteiger partial charge in [0.15, 0.2) is 0 Å². The Morgan fingerprint density at radius 1 is 1.14 bits per heavy atom. The van der Waals surface area contributed by atoms with Gasteiger partial charge in [-0.3, -0.25) is 0 Å². The molecule has 0 saturated carbocycles. The lowest BCUT2D eigenvalue weighted by Crippen LogP contribution is -2.43. The molecule has 1 aromatic carbocycles. The fraction of sp³-hybridized carbons (Fsp3) is 0.529. The van der Waals surface area contributed by atoms with Gasteiger partial charge in [0.25, 0.3) is 5.95 Å². The van der Waals surface area contributed by atoms with E-state index in [0.29, 0.717) is 37.8 Å². The second-order valence-corrected chi connectivity index (χ2v) is 7.03. The van der Waals surface area contributed by atoms with Crippen molar-refractivity contribution >= 4 is 5.95 Å². The van der Waals surface area contributed by atoms with Gasteiger partial charge in [0.2, 0.25) is 5.89 Å². The van der Waals surface area contributed by atoms with Crippen LogP contribution in [-0.4, -0.2) is 28.3 Å². The lowest BCUT2D eigenvalue weighted by molar-refractivity contribution is 0.0115. The molecule has 2 heterocycles. The van der Waals surface area contributed by atoms with Crippen molar-refractivity contribution in [1.82, 2.24) is 10.1 Å². The molecule has 1 saturated heterocycles. The predicted molar refractivity (Wildman–Crippen MR) is 84.8 cm³/mol. The topological polar surface area (TPSA) is 62.4 Å². The molecule has 22 heavy (non-hydrogen) atoms. The van der Waals surface area contributed by atoms with Crippen molar-refractivity contribution in [1.29, 1.82) is 0 Å². The maximum Gasteiger partial charge on any atom is 0.266 e. The van der Waals surface area contributed by atoms with Crippen molar-refractivity contribution in [2.45, 2.75) is 44.6 Å². The van der Waals surface area contributed by atoms with Gasteiger partial charge in [-0.25, -0.2) is 0 Å². The van der Waals surface area contributed by atoms with Gasteiger partial charge in [-0.15, -0.1) is 0 Å². The van der Waals surface area contributed by atoms with Crippen molar-refractivity contribution in [3.63, 3.8) is 0 Å². The van der Waals surface area contributed by atoms with Crippen LogP contribution in [0.15, 0.2) is 34.9 Å². The summed E-state index contributed by atoms with van der Waals surface area (Å²) in [4.78, 5) is 6.57. The highest BCUT2D eigenvalue weighted by Crippen LogP contribution is 2.34. The highest BCUT2D eigenvalue weighted by atomic mass is 16.5. The summed E-state index contributed by atoms with van der Waals surface area (Å²) < 4.78 is 5.35. The summed E-state index contributed by atoms with van der Waals surface area (Å²) >= 11 is 0. The number of aromatic nitrogens is 2. The largest absolute Gasteiger partial charge is 0.385 e. The molecule has 1 fully saturated rings. The minimum Gasteiger partial charge on any atom is -0.385 e. The van der Waals surface area contributed by atoms with E-state index in [9.17, 15) is 5.11 Å². The number of piperidine rings is 1. The Kier molecular flexibility index (Phi) is 3.68. The van der Waals surface area contributed by atoms with Crippen LogP contribution in [0.1, 0.15) is 45.1 Å². The first-order valence-electron chi connectivity index (χ1n) is 7.75. The van der Waals surface area contributed by atoms with Crippen LogP contribution in [0, 0.1) is 0 Å². The van der Waals surface area contributed by atoms with Gasteiger partial charge >= 0.3 is 0 Å². The molecule has 0 amide bonds. The Labute approximate surface area is 131 Å². The molecule has 2 aromatic rings. The highest BCUT2D eigenvalue weighted by molar-refractivity contribution is 5.32. The fourth-order valence-corrected chi connectivity index (χ4v) is 2.76. The standard InChI is InChI=1S/C17H23N3O2/c1-16(2,3)14-18-15(19-22-14)20-11-9-17(21,10-12-20)13-7-5-4-6-8-13/h4-8,21H,9-12H2,1-3H3. The normalized spacial score (nSPS) is 18.5. The zero-order valence-corrected chi connectivity index (χ0v) is 13.4. The average molecular weight is 301 g/mol. The lowest BCUT2D eigenvalue weighted by Gasteiger charge is -2.37. The van der Waals surface area contributed by atoms with Crippen LogP contribution in [-0.2, 0) is 11.0 Å². The number of hydrogen-bond acceptors (Lipinski definition) is 5. The molecule has 1 aromatic heterocycles. The van der Waals surface area contributed by atoms with E-state index in [1.165, 1.54) is 0 Å². The average Bonchev–Trinajstić information content (AvgIpc) is 2.99. The molecule has 5 nitrogen and oxygen atoms in total. The fourth-order valence-electron chi connectivity index (χ4n) is 2.76. The quantitative estimate of drug-likeness (QED) is 0.924. The van der Waals surface area contributed by atoms with Crippen LogP contribution in [0.2, 0.25) is 0 Å². The molecule has 1 aliphatic heterocycles. The van der Waals surface area contributed by atoms with E-state index in [-0.39, 0.29) is 5.41 Å². The molecule has 0 bridgehead atoms. The van der Waals surface area contributed by atoms with Crippen molar-refractivity contribution in [3.05, 3.63) is 41.8 Å². The van der Waals surface area contributed by atoms with Gasteiger partial charge in [0.1, 0.15) is 0 Å².